The Hall–Kier alpha value is -2.44. The van der Waals surface area contributed by atoms with Gasteiger partial charge in [-0.25, -0.2) is 9.97 Å². The van der Waals surface area contributed by atoms with Gasteiger partial charge in [0.25, 0.3) is 0 Å². The molecule has 7 heteroatoms. The van der Waals surface area contributed by atoms with Gasteiger partial charge in [0.05, 0.1) is 5.69 Å². The molecule has 0 aromatic carbocycles. The number of hydrogen-bond acceptors (Lipinski definition) is 7. The fraction of sp³-hybridized carbons (Fsp3) is 0.529. The molecule has 2 fully saturated rings. The predicted molar refractivity (Wildman–Crippen MR) is 94.8 cm³/mol. The number of anilines is 3. The SMILES string of the molecule is CN(C)c1cc(N2CCN(c3ccc(C4CC4)nn3)CC2)ncn1. The van der Waals surface area contributed by atoms with E-state index in [4.69, 9.17) is 0 Å². The molecule has 1 saturated heterocycles. The van der Waals surface area contributed by atoms with E-state index in [2.05, 4.69) is 42.1 Å². The second-order valence-corrected chi connectivity index (χ2v) is 6.69. The minimum Gasteiger partial charge on any atom is -0.363 e. The lowest BCUT2D eigenvalue weighted by Crippen LogP contribution is -2.47. The van der Waals surface area contributed by atoms with Crippen LogP contribution in [0, 0.1) is 0 Å². The van der Waals surface area contributed by atoms with Crippen LogP contribution in [-0.4, -0.2) is 60.4 Å². The first-order chi connectivity index (χ1) is 11.7. The van der Waals surface area contributed by atoms with Crippen LogP contribution in [-0.2, 0) is 0 Å². The molecule has 0 amide bonds. The highest BCUT2D eigenvalue weighted by Gasteiger charge is 2.26. The van der Waals surface area contributed by atoms with Gasteiger partial charge in [0.2, 0.25) is 0 Å². The summed E-state index contributed by atoms with van der Waals surface area (Å²) in [6.07, 6.45) is 4.17. The summed E-state index contributed by atoms with van der Waals surface area (Å²) in [6.45, 7) is 3.71. The number of aromatic nitrogens is 4. The van der Waals surface area contributed by atoms with Gasteiger partial charge in [0, 0.05) is 52.3 Å². The van der Waals surface area contributed by atoms with Crippen molar-refractivity contribution in [1.82, 2.24) is 20.2 Å². The summed E-state index contributed by atoms with van der Waals surface area (Å²) >= 11 is 0. The van der Waals surface area contributed by atoms with E-state index in [9.17, 15) is 0 Å². The van der Waals surface area contributed by atoms with Crippen LogP contribution >= 0.6 is 0 Å². The molecular formula is C17H23N7. The molecule has 2 aromatic rings. The summed E-state index contributed by atoms with van der Waals surface area (Å²) in [5, 5.41) is 8.82. The molecule has 0 radical (unpaired) electrons. The van der Waals surface area contributed by atoms with E-state index in [0.717, 1.165) is 49.3 Å². The molecule has 2 aliphatic rings. The lowest BCUT2D eigenvalue weighted by Gasteiger charge is -2.36. The van der Waals surface area contributed by atoms with Crippen molar-refractivity contribution in [3.63, 3.8) is 0 Å². The van der Waals surface area contributed by atoms with Gasteiger partial charge in [-0.1, -0.05) is 0 Å². The average Bonchev–Trinajstić information content (AvgIpc) is 3.47. The Morgan fingerprint density at radius 3 is 2.21 bits per heavy atom. The molecule has 0 spiro atoms. The number of nitrogens with zero attached hydrogens (tertiary/aromatic N) is 7. The largest absolute Gasteiger partial charge is 0.363 e. The van der Waals surface area contributed by atoms with Crippen molar-refractivity contribution in [2.75, 3.05) is 55.0 Å². The van der Waals surface area contributed by atoms with Gasteiger partial charge >= 0.3 is 0 Å². The van der Waals surface area contributed by atoms with Gasteiger partial charge in [0.15, 0.2) is 5.82 Å². The third-order valence-corrected chi connectivity index (χ3v) is 4.69. The Bertz CT molecular complexity index is 688. The zero-order chi connectivity index (χ0) is 16.5. The predicted octanol–water partition coefficient (Wildman–Crippen LogP) is 1.54. The summed E-state index contributed by atoms with van der Waals surface area (Å²) in [4.78, 5) is 15.3. The average molecular weight is 325 g/mol. The minimum absolute atomic E-state index is 0.659. The summed E-state index contributed by atoms with van der Waals surface area (Å²) in [7, 11) is 3.99. The van der Waals surface area contributed by atoms with Gasteiger partial charge in [-0.2, -0.15) is 5.10 Å². The van der Waals surface area contributed by atoms with E-state index in [-0.39, 0.29) is 0 Å². The van der Waals surface area contributed by atoms with Crippen molar-refractivity contribution in [3.8, 4) is 0 Å². The molecule has 3 heterocycles. The highest BCUT2D eigenvalue weighted by atomic mass is 15.3. The van der Waals surface area contributed by atoms with Crippen LogP contribution in [0.1, 0.15) is 24.5 Å². The second-order valence-electron chi connectivity index (χ2n) is 6.69. The van der Waals surface area contributed by atoms with E-state index in [1.54, 1.807) is 6.33 Å². The van der Waals surface area contributed by atoms with Crippen molar-refractivity contribution in [2.45, 2.75) is 18.8 Å². The molecule has 126 valence electrons. The van der Waals surface area contributed by atoms with Gasteiger partial charge in [-0.3, -0.25) is 0 Å². The normalized spacial score (nSPS) is 17.9. The molecule has 4 rings (SSSR count). The van der Waals surface area contributed by atoms with Crippen LogP contribution in [0.2, 0.25) is 0 Å². The molecule has 0 atom stereocenters. The Labute approximate surface area is 142 Å². The summed E-state index contributed by atoms with van der Waals surface area (Å²) < 4.78 is 0. The van der Waals surface area contributed by atoms with E-state index in [1.165, 1.54) is 12.8 Å². The molecule has 0 bridgehead atoms. The van der Waals surface area contributed by atoms with Crippen LogP contribution in [0.4, 0.5) is 17.5 Å². The molecular weight excluding hydrogens is 302 g/mol. The summed E-state index contributed by atoms with van der Waals surface area (Å²) in [6, 6.07) is 6.30. The fourth-order valence-corrected chi connectivity index (χ4v) is 3.02. The molecule has 2 aromatic heterocycles. The van der Waals surface area contributed by atoms with Gasteiger partial charge in [-0.05, 0) is 25.0 Å². The van der Waals surface area contributed by atoms with Crippen molar-refractivity contribution < 1.29 is 0 Å². The van der Waals surface area contributed by atoms with Crippen LogP contribution in [0.25, 0.3) is 0 Å². The first kappa shape index (κ1) is 15.1. The zero-order valence-electron chi connectivity index (χ0n) is 14.3. The van der Waals surface area contributed by atoms with Gasteiger partial charge in [-0.15, -0.1) is 5.10 Å². The van der Waals surface area contributed by atoms with E-state index in [0.29, 0.717) is 5.92 Å². The van der Waals surface area contributed by atoms with Crippen LogP contribution in [0.3, 0.4) is 0 Å². The summed E-state index contributed by atoms with van der Waals surface area (Å²) in [5.41, 5.74) is 1.15. The molecule has 1 aliphatic heterocycles. The lowest BCUT2D eigenvalue weighted by atomic mass is 10.2. The number of hydrogen-bond donors (Lipinski definition) is 0. The van der Waals surface area contributed by atoms with E-state index >= 15 is 0 Å². The van der Waals surface area contributed by atoms with E-state index in [1.807, 2.05) is 25.1 Å². The topological polar surface area (TPSA) is 61.3 Å². The lowest BCUT2D eigenvalue weighted by molar-refractivity contribution is 0.636. The highest BCUT2D eigenvalue weighted by molar-refractivity contribution is 5.51. The molecule has 1 aliphatic carbocycles. The van der Waals surface area contributed by atoms with Crippen molar-refractivity contribution >= 4 is 17.5 Å². The maximum absolute atomic E-state index is 4.42. The smallest absolute Gasteiger partial charge is 0.151 e. The van der Waals surface area contributed by atoms with Crippen molar-refractivity contribution in [2.24, 2.45) is 0 Å². The molecule has 24 heavy (non-hydrogen) atoms. The van der Waals surface area contributed by atoms with Crippen molar-refractivity contribution in [1.29, 1.82) is 0 Å². The molecule has 7 nitrogen and oxygen atoms in total. The van der Waals surface area contributed by atoms with Gasteiger partial charge in [0.1, 0.15) is 18.0 Å². The Kier molecular flexibility index (Phi) is 3.92. The van der Waals surface area contributed by atoms with Gasteiger partial charge < -0.3 is 14.7 Å². The third-order valence-electron chi connectivity index (χ3n) is 4.69. The van der Waals surface area contributed by atoms with Crippen molar-refractivity contribution in [3.05, 3.63) is 30.2 Å². The van der Waals surface area contributed by atoms with Crippen LogP contribution in [0.15, 0.2) is 24.5 Å². The summed E-state index contributed by atoms with van der Waals surface area (Å²) in [5.74, 6) is 3.57. The molecule has 1 saturated carbocycles. The first-order valence-corrected chi connectivity index (χ1v) is 8.53. The second kappa shape index (κ2) is 6.22. The molecule has 0 unspecified atom stereocenters. The minimum atomic E-state index is 0.659. The quantitative estimate of drug-likeness (QED) is 0.845. The maximum Gasteiger partial charge on any atom is 0.151 e. The van der Waals surface area contributed by atoms with Crippen LogP contribution < -0.4 is 14.7 Å². The monoisotopic (exact) mass is 325 g/mol. The van der Waals surface area contributed by atoms with Crippen LogP contribution in [0.5, 0.6) is 0 Å². The number of piperazine rings is 1. The number of rotatable bonds is 4. The maximum atomic E-state index is 4.42. The standard InChI is InChI=1S/C17H23N7/c1-22(2)16-11-17(19-12-18-16)24-9-7-23(8-10-24)15-6-5-14(20-21-15)13-3-4-13/h5-6,11-13H,3-4,7-10H2,1-2H3. The van der Waals surface area contributed by atoms with E-state index < -0.39 is 0 Å². The highest BCUT2D eigenvalue weighted by Crippen LogP contribution is 2.38. The Morgan fingerprint density at radius 2 is 1.62 bits per heavy atom. The zero-order valence-corrected chi connectivity index (χ0v) is 14.3. The fourth-order valence-electron chi connectivity index (χ4n) is 3.02. The first-order valence-electron chi connectivity index (χ1n) is 8.53. The Morgan fingerprint density at radius 1 is 0.917 bits per heavy atom. The Balaban J connectivity index is 1.40. The molecule has 0 N–H and O–H groups in total. The third kappa shape index (κ3) is 3.11.